The molecule has 60 valence electrons. The van der Waals surface area contributed by atoms with Crippen molar-refractivity contribution >= 4 is 0 Å². The summed E-state index contributed by atoms with van der Waals surface area (Å²) in [6, 6.07) is 5.57. The van der Waals surface area contributed by atoms with Gasteiger partial charge in [0, 0.05) is 0 Å². The molecule has 0 bridgehead atoms. The minimum absolute atomic E-state index is 0.320. The third-order valence-corrected chi connectivity index (χ3v) is 1.37. The van der Waals surface area contributed by atoms with E-state index in [9.17, 15) is 4.39 Å². The van der Waals surface area contributed by atoms with Gasteiger partial charge in [-0.15, -0.1) is 0 Å². The third kappa shape index (κ3) is 1.98. The molecule has 0 aromatic heterocycles. The van der Waals surface area contributed by atoms with Gasteiger partial charge in [-0.3, -0.25) is 0 Å². The van der Waals surface area contributed by atoms with Crippen molar-refractivity contribution in [1.29, 1.82) is 0 Å². The standard InChI is InChI=1S/C7H9FN2O/c8-6-3-1-5(2-4-6)7(9)10-11/h1-4,7,10-11H,9H2. The van der Waals surface area contributed by atoms with Crippen LogP contribution in [0.5, 0.6) is 0 Å². The summed E-state index contributed by atoms with van der Waals surface area (Å²) in [6.45, 7) is 0. The molecular weight excluding hydrogens is 147 g/mol. The maximum Gasteiger partial charge on any atom is 0.123 e. The van der Waals surface area contributed by atoms with E-state index in [1.807, 2.05) is 5.48 Å². The highest BCUT2D eigenvalue weighted by Crippen LogP contribution is 2.07. The Bertz CT molecular complexity index is 224. The number of halogens is 1. The highest BCUT2D eigenvalue weighted by molar-refractivity contribution is 5.18. The molecular formula is C7H9FN2O. The first-order chi connectivity index (χ1) is 5.24. The molecule has 0 radical (unpaired) electrons. The lowest BCUT2D eigenvalue weighted by molar-refractivity contribution is 0.128. The van der Waals surface area contributed by atoms with Crippen LogP contribution in [0.4, 0.5) is 4.39 Å². The molecule has 4 heteroatoms. The fourth-order valence-electron chi connectivity index (χ4n) is 0.745. The summed E-state index contributed by atoms with van der Waals surface area (Å²) in [7, 11) is 0. The van der Waals surface area contributed by atoms with Crippen molar-refractivity contribution in [1.82, 2.24) is 5.48 Å². The lowest BCUT2D eigenvalue weighted by Gasteiger charge is -2.07. The molecule has 0 aliphatic rings. The molecule has 1 aromatic rings. The van der Waals surface area contributed by atoms with Gasteiger partial charge in [-0.25, -0.2) is 4.39 Å². The van der Waals surface area contributed by atoms with Crippen LogP contribution < -0.4 is 11.2 Å². The normalized spacial score (nSPS) is 13.0. The van der Waals surface area contributed by atoms with Crippen LogP contribution >= 0.6 is 0 Å². The topological polar surface area (TPSA) is 58.3 Å². The van der Waals surface area contributed by atoms with E-state index in [2.05, 4.69) is 0 Å². The first-order valence-corrected chi connectivity index (χ1v) is 3.14. The number of hydroxylamine groups is 1. The number of hydrogen-bond donors (Lipinski definition) is 3. The molecule has 1 atom stereocenters. The Morgan fingerprint density at radius 3 is 2.36 bits per heavy atom. The van der Waals surface area contributed by atoms with Gasteiger partial charge in [0.2, 0.25) is 0 Å². The molecule has 4 N–H and O–H groups in total. The molecule has 0 aliphatic heterocycles. The molecule has 11 heavy (non-hydrogen) atoms. The van der Waals surface area contributed by atoms with Gasteiger partial charge in [0.05, 0.1) is 0 Å². The number of nitrogens with two attached hydrogens (primary N) is 1. The summed E-state index contributed by atoms with van der Waals surface area (Å²) in [5.41, 5.74) is 7.85. The quantitative estimate of drug-likeness (QED) is 0.437. The van der Waals surface area contributed by atoms with Gasteiger partial charge >= 0.3 is 0 Å². The molecule has 1 unspecified atom stereocenters. The average molecular weight is 156 g/mol. The monoisotopic (exact) mass is 156 g/mol. The van der Waals surface area contributed by atoms with Crippen LogP contribution in [0.15, 0.2) is 24.3 Å². The van der Waals surface area contributed by atoms with Gasteiger partial charge in [-0.05, 0) is 17.7 Å². The van der Waals surface area contributed by atoms with Crippen LogP contribution in [-0.2, 0) is 0 Å². The van der Waals surface area contributed by atoms with E-state index in [0.29, 0.717) is 5.56 Å². The van der Waals surface area contributed by atoms with Crippen LogP contribution in [0.2, 0.25) is 0 Å². The fraction of sp³-hybridized carbons (Fsp3) is 0.143. The molecule has 1 rings (SSSR count). The van der Waals surface area contributed by atoms with Crippen molar-refractivity contribution in [3.05, 3.63) is 35.6 Å². The second-order valence-electron chi connectivity index (χ2n) is 2.16. The average Bonchev–Trinajstić information content (AvgIpc) is 2.05. The maximum atomic E-state index is 12.3. The molecule has 0 saturated heterocycles. The van der Waals surface area contributed by atoms with E-state index < -0.39 is 6.17 Å². The first-order valence-electron chi connectivity index (χ1n) is 3.14. The van der Waals surface area contributed by atoms with E-state index in [4.69, 9.17) is 10.9 Å². The van der Waals surface area contributed by atoms with Crippen LogP contribution in [0.3, 0.4) is 0 Å². The fourth-order valence-corrected chi connectivity index (χ4v) is 0.745. The Balaban J connectivity index is 2.81. The lowest BCUT2D eigenvalue weighted by Crippen LogP contribution is -2.25. The number of rotatable bonds is 2. The largest absolute Gasteiger partial charge is 0.315 e. The summed E-state index contributed by atoms with van der Waals surface area (Å²) < 4.78 is 12.3. The second kappa shape index (κ2) is 3.43. The highest BCUT2D eigenvalue weighted by Gasteiger charge is 2.01. The summed E-state index contributed by atoms with van der Waals surface area (Å²) >= 11 is 0. The Morgan fingerprint density at radius 2 is 1.91 bits per heavy atom. The van der Waals surface area contributed by atoms with Crippen LogP contribution in [-0.4, -0.2) is 5.21 Å². The summed E-state index contributed by atoms with van der Waals surface area (Å²) in [5, 5.41) is 8.39. The van der Waals surface area contributed by atoms with Gasteiger partial charge in [-0.2, -0.15) is 5.48 Å². The molecule has 0 aliphatic carbocycles. The van der Waals surface area contributed by atoms with Crippen LogP contribution in [0.25, 0.3) is 0 Å². The zero-order chi connectivity index (χ0) is 8.27. The van der Waals surface area contributed by atoms with E-state index in [1.165, 1.54) is 24.3 Å². The molecule has 3 nitrogen and oxygen atoms in total. The smallest absolute Gasteiger partial charge is 0.123 e. The molecule has 0 amide bonds. The van der Waals surface area contributed by atoms with Crippen molar-refractivity contribution in [3.8, 4) is 0 Å². The molecule has 0 heterocycles. The minimum atomic E-state index is -0.657. The Hall–Kier alpha value is -0.970. The highest BCUT2D eigenvalue weighted by atomic mass is 19.1. The van der Waals surface area contributed by atoms with Crippen molar-refractivity contribution in [2.24, 2.45) is 5.73 Å². The van der Waals surface area contributed by atoms with Crippen molar-refractivity contribution in [2.45, 2.75) is 6.17 Å². The van der Waals surface area contributed by atoms with Crippen LogP contribution in [0, 0.1) is 5.82 Å². The molecule has 0 saturated carbocycles. The zero-order valence-corrected chi connectivity index (χ0v) is 5.79. The van der Waals surface area contributed by atoms with E-state index in [1.54, 1.807) is 0 Å². The van der Waals surface area contributed by atoms with Crippen molar-refractivity contribution < 1.29 is 9.60 Å². The van der Waals surface area contributed by atoms with Gasteiger partial charge in [-0.1, -0.05) is 12.1 Å². The summed E-state index contributed by atoms with van der Waals surface area (Å²) in [4.78, 5) is 0. The molecule has 0 fully saturated rings. The first kappa shape index (κ1) is 8.13. The molecule has 0 spiro atoms. The van der Waals surface area contributed by atoms with Crippen molar-refractivity contribution in [3.63, 3.8) is 0 Å². The van der Waals surface area contributed by atoms with Gasteiger partial charge in [0.15, 0.2) is 0 Å². The zero-order valence-electron chi connectivity index (χ0n) is 5.79. The second-order valence-corrected chi connectivity index (χ2v) is 2.16. The van der Waals surface area contributed by atoms with E-state index >= 15 is 0 Å². The van der Waals surface area contributed by atoms with E-state index in [0.717, 1.165) is 0 Å². The van der Waals surface area contributed by atoms with E-state index in [-0.39, 0.29) is 5.82 Å². The number of benzene rings is 1. The SMILES string of the molecule is NC(NO)c1ccc(F)cc1. The maximum absolute atomic E-state index is 12.3. The number of nitrogens with one attached hydrogen (secondary N) is 1. The summed E-state index contributed by atoms with van der Waals surface area (Å²) in [5.74, 6) is -0.320. The van der Waals surface area contributed by atoms with Gasteiger partial charge in [0.1, 0.15) is 12.0 Å². The third-order valence-electron chi connectivity index (χ3n) is 1.37. The Kier molecular flexibility index (Phi) is 2.53. The number of hydrogen-bond acceptors (Lipinski definition) is 3. The minimum Gasteiger partial charge on any atom is -0.315 e. The predicted molar refractivity (Wildman–Crippen MR) is 38.3 cm³/mol. The van der Waals surface area contributed by atoms with Crippen molar-refractivity contribution in [2.75, 3.05) is 0 Å². The van der Waals surface area contributed by atoms with Gasteiger partial charge in [0.25, 0.3) is 0 Å². The predicted octanol–water partition coefficient (Wildman–Crippen LogP) is 0.762. The Labute approximate surface area is 63.6 Å². The summed E-state index contributed by atoms with van der Waals surface area (Å²) in [6.07, 6.45) is -0.657. The van der Waals surface area contributed by atoms with Crippen LogP contribution in [0.1, 0.15) is 11.7 Å². The Morgan fingerprint density at radius 1 is 1.36 bits per heavy atom. The lowest BCUT2D eigenvalue weighted by atomic mass is 10.2. The molecule has 1 aromatic carbocycles. The van der Waals surface area contributed by atoms with Gasteiger partial charge < -0.3 is 10.9 Å².